The Morgan fingerprint density at radius 2 is 2.00 bits per heavy atom. The van der Waals surface area contributed by atoms with Crippen LogP contribution >= 0.6 is 0 Å². The molecule has 0 aliphatic carbocycles. The van der Waals surface area contributed by atoms with Gasteiger partial charge in [0.2, 0.25) is 5.88 Å². The van der Waals surface area contributed by atoms with E-state index in [1.165, 1.54) is 0 Å². The molecular formula is C20H24FN3O2. The van der Waals surface area contributed by atoms with Gasteiger partial charge in [0.1, 0.15) is 17.7 Å². The molecule has 6 heteroatoms. The summed E-state index contributed by atoms with van der Waals surface area (Å²) in [4.78, 5) is 11.0. The van der Waals surface area contributed by atoms with Crippen LogP contribution in [0, 0.1) is 19.7 Å². The van der Waals surface area contributed by atoms with Gasteiger partial charge in [-0.3, -0.25) is 9.88 Å². The predicted octanol–water partition coefficient (Wildman–Crippen LogP) is 3.21. The average molecular weight is 357 g/mol. The molecule has 5 nitrogen and oxygen atoms in total. The maximum Gasteiger partial charge on any atom is 0.217 e. The fourth-order valence-electron chi connectivity index (χ4n) is 3.82. The molecule has 0 spiro atoms. The Balaban J connectivity index is 1.44. The highest BCUT2D eigenvalue weighted by molar-refractivity contribution is 5.32. The summed E-state index contributed by atoms with van der Waals surface area (Å²) in [5.41, 5.74) is 3.22. The van der Waals surface area contributed by atoms with Gasteiger partial charge in [0.05, 0.1) is 12.3 Å². The van der Waals surface area contributed by atoms with Crippen molar-refractivity contribution in [2.45, 2.75) is 52.3 Å². The van der Waals surface area contributed by atoms with Crippen LogP contribution in [0.15, 0.2) is 18.2 Å². The molecule has 0 N–H and O–H groups in total. The van der Waals surface area contributed by atoms with E-state index in [1.54, 1.807) is 6.07 Å². The van der Waals surface area contributed by atoms with E-state index in [2.05, 4.69) is 21.8 Å². The number of aryl methyl sites for hydroxylation is 2. The Morgan fingerprint density at radius 3 is 2.77 bits per heavy atom. The van der Waals surface area contributed by atoms with Crippen molar-refractivity contribution in [3.63, 3.8) is 0 Å². The fraction of sp³-hybridized carbons (Fsp3) is 0.500. The van der Waals surface area contributed by atoms with Gasteiger partial charge in [-0.1, -0.05) is 0 Å². The lowest BCUT2D eigenvalue weighted by molar-refractivity contribution is 0.192. The molecule has 2 aromatic heterocycles. The number of halogens is 1. The SMILES string of the molecule is Cc1cc(O[C@@H]2C[C@H](C)N(Cc3nc4c(cc3F)CCO4)C2)cc(C)n1. The van der Waals surface area contributed by atoms with Crippen LogP contribution in [-0.2, 0) is 13.0 Å². The number of likely N-dealkylation sites (tertiary alicyclic amines) is 1. The van der Waals surface area contributed by atoms with Gasteiger partial charge in [0.25, 0.3) is 0 Å². The predicted molar refractivity (Wildman–Crippen MR) is 96.0 cm³/mol. The highest BCUT2D eigenvalue weighted by Gasteiger charge is 2.32. The molecule has 1 fully saturated rings. The monoisotopic (exact) mass is 357 g/mol. The largest absolute Gasteiger partial charge is 0.489 e. The molecule has 0 bridgehead atoms. The first-order chi connectivity index (χ1) is 12.5. The van der Waals surface area contributed by atoms with E-state index in [0.717, 1.165) is 42.1 Å². The minimum absolute atomic E-state index is 0.0833. The van der Waals surface area contributed by atoms with Gasteiger partial charge in [0.15, 0.2) is 0 Å². The third kappa shape index (κ3) is 3.51. The summed E-state index contributed by atoms with van der Waals surface area (Å²) >= 11 is 0. The van der Waals surface area contributed by atoms with Crippen LogP contribution in [-0.4, -0.2) is 40.2 Å². The molecule has 2 aliphatic heterocycles. The van der Waals surface area contributed by atoms with Crippen molar-refractivity contribution >= 4 is 0 Å². The van der Waals surface area contributed by atoms with E-state index in [9.17, 15) is 4.39 Å². The van der Waals surface area contributed by atoms with Crippen molar-refractivity contribution in [1.29, 1.82) is 0 Å². The number of hydrogen-bond acceptors (Lipinski definition) is 5. The van der Waals surface area contributed by atoms with Gasteiger partial charge < -0.3 is 9.47 Å². The van der Waals surface area contributed by atoms with Crippen LogP contribution in [0.25, 0.3) is 0 Å². The molecule has 138 valence electrons. The number of nitrogens with zero attached hydrogens (tertiary/aromatic N) is 3. The van der Waals surface area contributed by atoms with Gasteiger partial charge >= 0.3 is 0 Å². The van der Waals surface area contributed by atoms with Gasteiger partial charge in [0, 0.05) is 61.1 Å². The first kappa shape index (κ1) is 17.2. The molecule has 0 radical (unpaired) electrons. The lowest BCUT2D eigenvalue weighted by atomic mass is 10.2. The van der Waals surface area contributed by atoms with Gasteiger partial charge in [-0.2, -0.15) is 0 Å². The molecule has 2 aliphatic rings. The number of aromatic nitrogens is 2. The second kappa shape index (κ2) is 6.83. The molecule has 0 aromatic carbocycles. The van der Waals surface area contributed by atoms with Crippen molar-refractivity contribution in [3.8, 4) is 11.6 Å². The first-order valence-electron chi connectivity index (χ1n) is 9.15. The van der Waals surface area contributed by atoms with Crippen LogP contribution < -0.4 is 9.47 Å². The van der Waals surface area contributed by atoms with Crippen molar-refractivity contribution in [2.24, 2.45) is 0 Å². The van der Waals surface area contributed by atoms with Crippen LogP contribution in [0.1, 0.15) is 36.0 Å². The van der Waals surface area contributed by atoms with E-state index in [4.69, 9.17) is 9.47 Å². The summed E-state index contributed by atoms with van der Waals surface area (Å²) < 4.78 is 26.0. The Morgan fingerprint density at radius 1 is 1.23 bits per heavy atom. The van der Waals surface area contributed by atoms with Crippen molar-refractivity contribution < 1.29 is 13.9 Å². The molecule has 4 heterocycles. The number of ether oxygens (including phenoxy) is 2. The summed E-state index contributed by atoms with van der Waals surface area (Å²) in [5.74, 6) is 1.19. The molecule has 0 saturated carbocycles. The lowest BCUT2D eigenvalue weighted by Crippen LogP contribution is -2.29. The second-order valence-corrected chi connectivity index (χ2v) is 7.32. The smallest absolute Gasteiger partial charge is 0.217 e. The van der Waals surface area contributed by atoms with Gasteiger partial charge in [-0.15, -0.1) is 0 Å². The number of rotatable bonds is 4. The molecule has 1 saturated heterocycles. The Kier molecular flexibility index (Phi) is 4.53. The van der Waals surface area contributed by atoms with Crippen LogP contribution in [0.5, 0.6) is 11.6 Å². The van der Waals surface area contributed by atoms with E-state index >= 15 is 0 Å². The van der Waals surface area contributed by atoms with E-state index in [-0.39, 0.29) is 11.9 Å². The Labute approximate surface area is 153 Å². The van der Waals surface area contributed by atoms with Crippen molar-refractivity contribution in [3.05, 3.63) is 46.7 Å². The quantitative estimate of drug-likeness (QED) is 0.841. The Bertz CT molecular complexity index is 807. The number of pyridine rings is 2. The summed E-state index contributed by atoms with van der Waals surface area (Å²) in [6.07, 6.45) is 1.73. The summed E-state index contributed by atoms with van der Waals surface area (Å²) in [6, 6.07) is 5.79. The highest BCUT2D eigenvalue weighted by Crippen LogP contribution is 2.28. The molecule has 4 rings (SSSR count). The zero-order valence-corrected chi connectivity index (χ0v) is 15.5. The van der Waals surface area contributed by atoms with E-state index in [0.29, 0.717) is 30.8 Å². The minimum atomic E-state index is -0.244. The standard InChI is InChI=1S/C20H24FN3O2/c1-12-6-16(7-13(2)22-12)26-17-8-14(3)24(10-17)11-19-18(21)9-15-4-5-25-20(15)23-19/h6-7,9,14,17H,4-5,8,10-11H2,1-3H3/t14-,17+/m0/s1. The molecule has 0 amide bonds. The summed E-state index contributed by atoms with van der Waals surface area (Å²) in [5, 5.41) is 0. The topological polar surface area (TPSA) is 47.5 Å². The zero-order chi connectivity index (χ0) is 18.3. The lowest BCUT2D eigenvalue weighted by Gasteiger charge is -2.20. The zero-order valence-electron chi connectivity index (χ0n) is 15.5. The van der Waals surface area contributed by atoms with Crippen molar-refractivity contribution in [1.82, 2.24) is 14.9 Å². The minimum Gasteiger partial charge on any atom is -0.489 e. The molecule has 2 aromatic rings. The third-order valence-corrected chi connectivity index (χ3v) is 5.07. The molecular weight excluding hydrogens is 333 g/mol. The number of hydrogen-bond donors (Lipinski definition) is 0. The first-order valence-corrected chi connectivity index (χ1v) is 9.15. The second-order valence-electron chi connectivity index (χ2n) is 7.32. The average Bonchev–Trinajstić information content (AvgIpc) is 3.13. The molecule has 26 heavy (non-hydrogen) atoms. The fourth-order valence-corrected chi connectivity index (χ4v) is 3.82. The normalized spacial score (nSPS) is 22.3. The Hall–Kier alpha value is -2.21. The molecule has 0 unspecified atom stereocenters. The van der Waals surface area contributed by atoms with Crippen molar-refractivity contribution in [2.75, 3.05) is 13.2 Å². The van der Waals surface area contributed by atoms with Gasteiger partial charge in [-0.05, 0) is 26.8 Å². The van der Waals surface area contributed by atoms with Gasteiger partial charge in [-0.25, -0.2) is 9.37 Å². The molecule has 2 atom stereocenters. The maximum absolute atomic E-state index is 14.4. The van der Waals surface area contributed by atoms with Crippen LogP contribution in [0.4, 0.5) is 4.39 Å². The van der Waals surface area contributed by atoms with E-state index < -0.39 is 0 Å². The third-order valence-electron chi connectivity index (χ3n) is 5.07. The summed E-state index contributed by atoms with van der Waals surface area (Å²) in [7, 11) is 0. The maximum atomic E-state index is 14.4. The van der Waals surface area contributed by atoms with Crippen LogP contribution in [0.3, 0.4) is 0 Å². The summed E-state index contributed by atoms with van der Waals surface area (Å²) in [6.45, 7) is 7.89. The van der Waals surface area contributed by atoms with Crippen LogP contribution in [0.2, 0.25) is 0 Å². The highest BCUT2D eigenvalue weighted by atomic mass is 19.1. The van der Waals surface area contributed by atoms with E-state index in [1.807, 2.05) is 26.0 Å². The number of fused-ring (bicyclic) bond motifs is 1.